The first kappa shape index (κ1) is 16.9. The largest absolute Gasteiger partial charge is 0.481 e. The Morgan fingerprint density at radius 2 is 2.19 bits per heavy atom. The molecule has 4 heterocycles. The summed E-state index contributed by atoms with van der Waals surface area (Å²) in [6, 6.07) is 7.30. The van der Waals surface area contributed by atoms with E-state index >= 15 is 0 Å². The van der Waals surface area contributed by atoms with E-state index in [0.29, 0.717) is 51.3 Å². The van der Waals surface area contributed by atoms with Crippen LogP contribution in [0.1, 0.15) is 29.1 Å². The highest BCUT2D eigenvalue weighted by Gasteiger charge is 2.53. The van der Waals surface area contributed by atoms with Crippen LogP contribution in [0.4, 0.5) is 0 Å². The molecule has 0 bridgehead atoms. The van der Waals surface area contributed by atoms with Gasteiger partial charge in [-0.05, 0) is 37.1 Å². The summed E-state index contributed by atoms with van der Waals surface area (Å²) in [4.78, 5) is 31.8. The maximum atomic E-state index is 12.7. The van der Waals surface area contributed by atoms with E-state index in [1.165, 1.54) is 0 Å². The van der Waals surface area contributed by atoms with Crippen molar-refractivity contribution in [2.45, 2.75) is 19.4 Å². The van der Waals surface area contributed by atoms with Crippen LogP contribution in [0, 0.1) is 11.3 Å². The molecule has 0 spiro atoms. The number of hydrogen-bond donors (Lipinski definition) is 2. The number of nitrogens with zero attached hydrogens (tertiary/aromatic N) is 2. The Bertz CT molecular complexity index is 771. The quantitative estimate of drug-likeness (QED) is 0.874. The van der Waals surface area contributed by atoms with Crippen molar-refractivity contribution < 1.29 is 19.1 Å². The zero-order chi connectivity index (χ0) is 18.1. The zero-order valence-electron chi connectivity index (χ0n) is 14.6. The van der Waals surface area contributed by atoms with Crippen LogP contribution in [0.3, 0.4) is 0 Å². The molecule has 0 aliphatic carbocycles. The fraction of sp³-hybridized carbons (Fsp3) is 0.474. The summed E-state index contributed by atoms with van der Waals surface area (Å²) in [7, 11) is 0. The number of nitrogens with one attached hydrogen (secondary N) is 1. The Hall–Kier alpha value is -2.54. The maximum absolute atomic E-state index is 12.7. The van der Waals surface area contributed by atoms with Crippen molar-refractivity contribution in [1.29, 1.82) is 0 Å². The summed E-state index contributed by atoms with van der Waals surface area (Å²) in [5.74, 6) is -0.0584. The molecule has 26 heavy (non-hydrogen) atoms. The van der Waals surface area contributed by atoms with Crippen LogP contribution in [0.5, 0.6) is 0 Å². The van der Waals surface area contributed by atoms with E-state index in [1.54, 1.807) is 29.5 Å². The van der Waals surface area contributed by atoms with Crippen molar-refractivity contribution in [2.75, 3.05) is 26.2 Å². The van der Waals surface area contributed by atoms with E-state index in [4.69, 9.17) is 4.42 Å². The number of aliphatic carboxylic acids is 1. The maximum Gasteiger partial charge on any atom is 0.311 e. The van der Waals surface area contributed by atoms with Gasteiger partial charge in [0.2, 0.25) is 0 Å². The van der Waals surface area contributed by atoms with E-state index in [-0.39, 0.29) is 11.8 Å². The molecular formula is C19H23N3O4. The first-order valence-electron chi connectivity index (χ1n) is 8.99. The SMILES string of the molecule is O=C(c1ccc[nH]1)N1CCC[C@]2(C(=O)O)CN(Cc3ccco3)C[C@@H]2C1. The minimum atomic E-state index is -0.794. The number of carbonyl (C=O) groups is 2. The molecule has 1 amide bonds. The molecule has 2 atom stereocenters. The van der Waals surface area contributed by atoms with Crippen molar-refractivity contribution in [3.05, 3.63) is 48.2 Å². The van der Waals surface area contributed by atoms with Gasteiger partial charge in [0.15, 0.2) is 0 Å². The third kappa shape index (κ3) is 2.92. The number of carboxylic acid groups (broad SMARTS) is 1. The number of rotatable bonds is 4. The van der Waals surface area contributed by atoms with Gasteiger partial charge < -0.3 is 19.4 Å². The van der Waals surface area contributed by atoms with Crippen molar-refractivity contribution in [1.82, 2.24) is 14.8 Å². The van der Waals surface area contributed by atoms with Gasteiger partial charge in [-0.15, -0.1) is 0 Å². The number of hydrogen-bond acceptors (Lipinski definition) is 4. The average Bonchev–Trinajstić information content (AvgIpc) is 3.35. The lowest BCUT2D eigenvalue weighted by atomic mass is 9.75. The molecule has 7 heteroatoms. The highest BCUT2D eigenvalue weighted by Crippen LogP contribution is 2.43. The first-order chi connectivity index (χ1) is 12.6. The van der Waals surface area contributed by atoms with Gasteiger partial charge in [-0.25, -0.2) is 0 Å². The molecule has 4 rings (SSSR count). The standard InChI is InChI=1S/C19H23N3O4/c23-17(16-5-1-7-20-16)22-8-3-6-19(18(24)25)13-21(10-14(19)11-22)12-15-4-2-9-26-15/h1-2,4-5,7,9,14,20H,3,6,8,10-13H2,(H,24,25)/t14-,19+/m1/s1. The molecular weight excluding hydrogens is 334 g/mol. The molecule has 2 aromatic rings. The minimum absolute atomic E-state index is 0.0549. The predicted octanol–water partition coefficient (Wildman–Crippen LogP) is 2.05. The van der Waals surface area contributed by atoms with E-state index in [1.807, 2.05) is 12.1 Å². The number of H-pyrrole nitrogens is 1. The molecule has 2 fully saturated rings. The molecule has 0 unspecified atom stereocenters. The average molecular weight is 357 g/mol. The number of amides is 1. The van der Waals surface area contributed by atoms with Gasteiger partial charge in [0.1, 0.15) is 11.5 Å². The molecule has 2 N–H and O–H groups in total. The van der Waals surface area contributed by atoms with Crippen LogP contribution in [-0.4, -0.2) is 57.9 Å². The number of likely N-dealkylation sites (tertiary alicyclic amines) is 2. The highest BCUT2D eigenvalue weighted by atomic mass is 16.4. The number of carboxylic acids is 1. The second-order valence-corrected chi connectivity index (χ2v) is 7.35. The zero-order valence-corrected chi connectivity index (χ0v) is 14.6. The van der Waals surface area contributed by atoms with E-state index in [2.05, 4.69) is 9.88 Å². The molecule has 2 aromatic heterocycles. The minimum Gasteiger partial charge on any atom is -0.481 e. The van der Waals surface area contributed by atoms with Crippen LogP contribution in [-0.2, 0) is 11.3 Å². The van der Waals surface area contributed by atoms with E-state index in [0.717, 1.165) is 5.76 Å². The smallest absolute Gasteiger partial charge is 0.311 e. The van der Waals surface area contributed by atoms with Gasteiger partial charge in [0.05, 0.1) is 18.2 Å². The summed E-state index contributed by atoms with van der Waals surface area (Å²) >= 11 is 0. The Labute approximate surface area is 151 Å². The van der Waals surface area contributed by atoms with Crippen LogP contribution < -0.4 is 0 Å². The second kappa shape index (κ2) is 6.64. The van der Waals surface area contributed by atoms with Crippen molar-refractivity contribution in [3.8, 4) is 0 Å². The summed E-state index contributed by atoms with van der Waals surface area (Å²) in [5, 5.41) is 10.0. The van der Waals surface area contributed by atoms with E-state index < -0.39 is 11.4 Å². The summed E-state index contributed by atoms with van der Waals surface area (Å²) in [6.07, 6.45) is 4.65. The van der Waals surface area contributed by atoms with Crippen LogP contribution in [0.25, 0.3) is 0 Å². The molecule has 2 aliphatic heterocycles. The summed E-state index contributed by atoms with van der Waals surface area (Å²) < 4.78 is 5.42. The molecule has 138 valence electrons. The lowest BCUT2D eigenvalue weighted by molar-refractivity contribution is -0.151. The lowest BCUT2D eigenvalue weighted by Crippen LogP contribution is -2.42. The number of carbonyl (C=O) groups excluding carboxylic acids is 1. The molecule has 2 saturated heterocycles. The topological polar surface area (TPSA) is 89.8 Å². The molecule has 2 aliphatic rings. The second-order valence-electron chi connectivity index (χ2n) is 7.35. The molecule has 0 radical (unpaired) electrons. The number of fused-ring (bicyclic) bond motifs is 1. The summed E-state index contributed by atoms with van der Waals surface area (Å²) in [5.41, 5.74) is -0.240. The fourth-order valence-corrected chi connectivity index (χ4v) is 4.45. The fourth-order valence-electron chi connectivity index (χ4n) is 4.45. The van der Waals surface area contributed by atoms with Gasteiger partial charge in [-0.3, -0.25) is 14.5 Å². The molecule has 7 nitrogen and oxygen atoms in total. The molecule has 0 saturated carbocycles. The van der Waals surface area contributed by atoms with Gasteiger partial charge in [0, 0.05) is 38.3 Å². The van der Waals surface area contributed by atoms with Gasteiger partial charge >= 0.3 is 5.97 Å². The Morgan fingerprint density at radius 1 is 1.31 bits per heavy atom. The Kier molecular flexibility index (Phi) is 4.32. The third-order valence-electron chi connectivity index (χ3n) is 5.76. The monoisotopic (exact) mass is 357 g/mol. The van der Waals surface area contributed by atoms with Crippen molar-refractivity contribution in [2.24, 2.45) is 11.3 Å². The Morgan fingerprint density at radius 3 is 2.88 bits per heavy atom. The van der Waals surface area contributed by atoms with Gasteiger partial charge in [-0.2, -0.15) is 0 Å². The number of furan rings is 1. The number of aromatic amines is 1. The van der Waals surface area contributed by atoms with E-state index in [9.17, 15) is 14.7 Å². The highest BCUT2D eigenvalue weighted by molar-refractivity contribution is 5.92. The predicted molar refractivity (Wildman–Crippen MR) is 93.5 cm³/mol. The van der Waals surface area contributed by atoms with Crippen LogP contribution in [0.15, 0.2) is 41.1 Å². The first-order valence-corrected chi connectivity index (χ1v) is 8.99. The summed E-state index contributed by atoms with van der Waals surface area (Å²) in [6.45, 7) is 2.82. The lowest BCUT2D eigenvalue weighted by Gasteiger charge is -2.29. The molecule has 0 aromatic carbocycles. The van der Waals surface area contributed by atoms with Crippen molar-refractivity contribution in [3.63, 3.8) is 0 Å². The van der Waals surface area contributed by atoms with Crippen LogP contribution >= 0.6 is 0 Å². The van der Waals surface area contributed by atoms with Gasteiger partial charge in [0.25, 0.3) is 5.91 Å². The van der Waals surface area contributed by atoms with Gasteiger partial charge in [-0.1, -0.05) is 0 Å². The van der Waals surface area contributed by atoms with Crippen molar-refractivity contribution >= 4 is 11.9 Å². The van der Waals surface area contributed by atoms with Crippen LogP contribution in [0.2, 0.25) is 0 Å². The third-order valence-corrected chi connectivity index (χ3v) is 5.76. The Balaban J connectivity index is 1.54. The number of aromatic nitrogens is 1. The normalized spacial score (nSPS) is 26.5.